The van der Waals surface area contributed by atoms with E-state index in [2.05, 4.69) is 20.4 Å². The second-order valence-electron chi connectivity index (χ2n) is 2.58. The van der Waals surface area contributed by atoms with Gasteiger partial charge in [0, 0.05) is 7.11 Å². The van der Waals surface area contributed by atoms with E-state index >= 15 is 0 Å². The molecule has 1 unspecified atom stereocenters. The Labute approximate surface area is 77.8 Å². The van der Waals surface area contributed by atoms with Gasteiger partial charge in [0.15, 0.2) is 0 Å². The highest BCUT2D eigenvalue weighted by Gasteiger charge is 2.21. The zero-order chi connectivity index (χ0) is 10.0. The fourth-order valence-electron chi connectivity index (χ4n) is 1.18. The summed E-state index contributed by atoms with van der Waals surface area (Å²) in [4.78, 5) is 0. The van der Waals surface area contributed by atoms with Crippen molar-refractivity contribution in [1.82, 2.24) is 0 Å². The molecule has 0 aliphatic heterocycles. The maximum atomic E-state index is 5.36. The molecule has 74 valence electrons. The van der Waals surface area contributed by atoms with Gasteiger partial charge in [0.1, 0.15) is 0 Å². The van der Waals surface area contributed by atoms with Crippen LogP contribution >= 0.6 is 0 Å². The van der Waals surface area contributed by atoms with E-state index in [1.54, 1.807) is 7.11 Å². The van der Waals surface area contributed by atoms with E-state index in [0.717, 1.165) is 19.3 Å². The third-order valence-electron chi connectivity index (χ3n) is 2.05. The van der Waals surface area contributed by atoms with E-state index in [1.165, 1.54) is 0 Å². The van der Waals surface area contributed by atoms with Crippen LogP contribution in [-0.4, -0.2) is 12.7 Å². The minimum absolute atomic E-state index is 0.0608. The molecule has 0 aliphatic rings. The molecule has 0 fully saturated rings. The second kappa shape index (κ2) is 8.79. The van der Waals surface area contributed by atoms with Crippen molar-refractivity contribution in [3.8, 4) is 0 Å². The molecule has 0 radical (unpaired) electrons. The van der Waals surface area contributed by atoms with Crippen molar-refractivity contribution in [2.75, 3.05) is 7.11 Å². The first-order valence-corrected chi connectivity index (χ1v) is 4.93. The SMILES string of the molecule is C=CC(CC)(CCC)OC.CC. The minimum Gasteiger partial charge on any atom is -0.374 e. The zero-order valence-corrected chi connectivity index (χ0v) is 9.31. The Balaban J connectivity index is 0. The number of ether oxygens (including phenoxy) is 1. The Morgan fingerprint density at radius 3 is 1.92 bits per heavy atom. The minimum atomic E-state index is -0.0608. The molecule has 0 aromatic rings. The van der Waals surface area contributed by atoms with Crippen molar-refractivity contribution in [3.05, 3.63) is 12.7 Å². The van der Waals surface area contributed by atoms with Gasteiger partial charge in [0.2, 0.25) is 0 Å². The molecule has 0 saturated heterocycles. The highest BCUT2D eigenvalue weighted by atomic mass is 16.5. The quantitative estimate of drug-likeness (QED) is 0.573. The molecule has 0 N–H and O–H groups in total. The van der Waals surface area contributed by atoms with E-state index in [9.17, 15) is 0 Å². The van der Waals surface area contributed by atoms with Crippen LogP contribution in [0.2, 0.25) is 0 Å². The van der Waals surface area contributed by atoms with Gasteiger partial charge in [-0.3, -0.25) is 0 Å². The van der Waals surface area contributed by atoms with Crippen molar-refractivity contribution in [2.24, 2.45) is 0 Å². The summed E-state index contributed by atoms with van der Waals surface area (Å²) >= 11 is 0. The molecule has 12 heavy (non-hydrogen) atoms. The first kappa shape index (κ1) is 14.2. The molecule has 1 heteroatoms. The number of methoxy groups -OCH3 is 1. The Morgan fingerprint density at radius 1 is 1.33 bits per heavy atom. The lowest BCUT2D eigenvalue weighted by molar-refractivity contribution is 0.0215. The summed E-state index contributed by atoms with van der Waals surface area (Å²) in [6.45, 7) is 12.1. The zero-order valence-electron chi connectivity index (χ0n) is 9.31. The van der Waals surface area contributed by atoms with Crippen molar-refractivity contribution >= 4 is 0 Å². The molecule has 0 bridgehead atoms. The van der Waals surface area contributed by atoms with Gasteiger partial charge in [-0.25, -0.2) is 0 Å². The third-order valence-corrected chi connectivity index (χ3v) is 2.05. The fraction of sp³-hybridized carbons (Fsp3) is 0.818. The van der Waals surface area contributed by atoms with E-state index in [4.69, 9.17) is 4.74 Å². The van der Waals surface area contributed by atoms with Crippen LogP contribution in [0.25, 0.3) is 0 Å². The summed E-state index contributed by atoms with van der Waals surface area (Å²) in [5.41, 5.74) is -0.0608. The van der Waals surface area contributed by atoms with Gasteiger partial charge in [-0.1, -0.05) is 40.2 Å². The van der Waals surface area contributed by atoms with Crippen LogP contribution in [0.15, 0.2) is 12.7 Å². The van der Waals surface area contributed by atoms with Gasteiger partial charge < -0.3 is 4.74 Å². The van der Waals surface area contributed by atoms with Crippen molar-refractivity contribution < 1.29 is 4.74 Å². The summed E-state index contributed by atoms with van der Waals surface area (Å²) in [5.74, 6) is 0. The molecule has 0 spiro atoms. The Kier molecular flexibility index (Phi) is 10.4. The van der Waals surface area contributed by atoms with Crippen molar-refractivity contribution in [1.29, 1.82) is 0 Å². The molecule has 1 nitrogen and oxygen atoms in total. The number of rotatable bonds is 5. The maximum Gasteiger partial charge on any atom is 0.0853 e. The largest absolute Gasteiger partial charge is 0.374 e. The second-order valence-corrected chi connectivity index (χ2v) is 2.58. The number of hydrogen-bond donors (Lipinski definition) is 0. The average molecular weight is 172 g/mol. The molecule has 0 aliphatic carbocycles. The maximum absolute atomic E-state index is 5.36. The molecule has 0 aromatic heterocycles. The molecule has 0 rings (SSSR count). The Hall–Kier alpha value is -0.300. The molecule has 0 aromatic carbocycles. The highest BCUT2D eigenvalue weighted by Crippen LogP contribution is 2.22. The number of hydrogen-bond acceptors (Lipinski definition) is 1. The normalized spacial score (nSPS) is 14.1. The highest BCUT2D eigenvalue weighted by molar-refractivity contribution is 4.95. The average Bonchev–Trinajstić information content (AvgIpc) is 2.18. The van der Waals surface area contributed by atoms with E-state index in [0.29, 0.717) is 0 Å². The van der Waals surface area contributed by atoms with Gasteiger partial charge in [-0.2, -0.15) is 0 Å². The van der Waals surface area contributed by atoms with E-state index in [1.807, 2.05) is 19.9 Å². The molecule has 0 heterocycles. The first-order valence-electron chi connectivity index (χ1n) is 4.93. The van der Waals surface area contributed by atoms with Gasteiger partial charge in [-0.05, 0) is 12.8 Å². The standard InChI is InChI=1S/C9H18O.C2H6/c1-5-8-9(6-2,7-3)10-4;1-2/h6H,2,5,7-8H2,1,3-4H3;1-2H3. The van der Waals surface area contributed by atoms with Crippen molar-refractivity contribution in [2.45, 2.75) is 52.6 Å². The predicted octanol–water partition coefficient (Wildman–Crippen LogP) is 3.79. The molecular formula is C11H24O. The molecular weight excluding hydrogens is 148 g/mol. The van der Waals surface area contributed by atoms with Crippen molar-refractivity contribution in [3.63, 3.8) is 0 Å². The van der Waals surface area contributed by atoms with Gasteiger partial charge in [0.25, 0.3) is 0 Å². The summed E-state index contributed by atoms with van der Waals surface area (Å²) in [7, 11) is 1.75. The van der Waals surface area contributed by atoms with Crippen LogP contribution in [0, 0.1) is 0 Å². The summed E-state index contributed by atoms with van der Waals surface area (Å²) < 4.78 is 5.36. The molecule has 1 atom stereocenters. The third kappa shape index (κ3) is 4.55. The predicted molar refractivity (Wildman–Crippen MR) is 56.5 cm³/mol. The Bertz CT molecular complexity index is 93.2. The fourth-order valence-corrected chi connectivity index (χ4v) is 1.18. The smallest absolute Gasteiger partial charge is 0.0853 e. The van der Waals surface area contributed by atoms with E-state index in [-0.39, 0.29) is 5.60 Å². The van der Waals surface area contributed by atoms with Gasteiger partial charge in [0.05, 0.1) is 5.60 Å². The molecule has 0 saturated carbocycles. The lowest BCUT2D eigenvalue weighted by atomic mass is 9.95. The van der Waals surface area contributed by atoms with Crippen LogP contribution in [0.4, 0.5) is 0 Å². The van der Waals surface area contributed by atoms with Crippen LogP contribution in [0.3, 0.4) is 0 Å². The lowest BCUT2D eigenvalue weighted by Crippen LogP contribution is -2.26. The lowest BCUT2D eigenvalue weighted by Gasteiger charge is -2.26. The summed E-state index contributed by atoms with van der Waals surface area (Å²) in [6, 6.07) is 0. The van der Waals surface area contributed by atoms with Gasteiger partial charge in [-0.15, -0.1) is 6.58 Å². The van der Waals surface area contributed by atoms with Crippen LogP contribution in [-0.2, 0) is 4.74 Å². The Morgan fingerprint density at radius 2 is 1.83 bits per heavy atom. The van der Waals surface area contributed by atoms with E-state index < -0.39 is 0 Å². The summed E-state index contributed by atoms with van der Waals surface area (Å²) in [5, 5.41) is 0. The van der Waals surface area contributed by atoms with Gasteiger partial charge >= 0.3 is 0 Å². The van der Waals surface area contributed by atoms with Crippen LogP contribution < -0.4 is 0 Å². The molecule has 0 amide bonds. The van der Waals surface area contributed by atoms with Crippen LogP contribution in [0.5, 0.6) is 0 Å². The monoisotopic (exact) mass is 172 g/mol. The topological polar surface area (TPSA) is 9.23 Å². The van der Waals surface area contributed by atoms with Crippen LogP contribution in [0.1, 0.15) is 47.0 Å². The first-order chi connectivity index (χ1) is 5.74. The summed E-state index contributed by atoms with van der Waals surface area (Å²) in [6.07, 6.45) is 5.15.